The molecular weight excluding hydrogens is 505 g/mol. The molecule has 0 bridgehead atoms. The van der Waals surface area contributed by atoms with E-state index in [0.717, 1.165) is 42.6 Å². The van der Waals surface area contributed by atoms with Crippen LogP contribution in [0.1, 0.15) is 69.9 Å². The molecule has 1 atom stereocenters. The second-order valence-corrected chi connectivity index (χ2v) is 10.8. The highest BCUT2D eigenvalue weighted by molar-refractivity contribution is 6.34. The van der Waals surface area contributed by atoms with Gasteiger partial charge < -0.3 is 15.5 Å². The van der Waals surface area contributed by atoms with Crippen LogP contribution in [0, 0.1) is 6.92 Å². The summed E-state index contributed by atoms with van der Waals surface area (Å²) >= 11 is 12.6. The molecule has 0 aromatic heterocycles. The highest BCUT2D eigenvalue weighted by Gasteiger charge is 2.29. The number of carbonyl (C=O) groups excluding carboxylic acids is 2. The van der Waals surface area contributed by atoms with Crippen molar-refractivity contribution in [1.29, 1.82) is 0 Å². The number of amides is 2. The maximum atomic E-state index is 13.8. The normalized spacial score (nSPS) is 17.2. The minimum absolute atomic E-state index is 0.0400. The lowest BCUT2D eigenvalue weighted by molar-refractivity contribution is 0.0985. The lowest BCUT2D eigenvalue weighted by Crippen LogP contribution is -2.32. The third-order valence-electron chi connectivity index (χ3n) is 7.24. The highest BCUT2D eigenvalue weighted by atomic mass is 35.5. The first-order chi connectivity index (χ1) is 17.9. The van der Waals surface area contributed by atoms with Crippen molar-refractivity contribution in [2.75, 3.05) is 23.3 Å². The number of carbonyl (C=O) groups is 2. The van der Waals surface area contributed by atoms with Crippen LogP contribution in [0.4, 0.5) is 11.4 Å². The molecule has 1 aliphatic carbocycles. The van der Waals surface area contributed by atoms with Crippen LogP contribution in [0.2, 0.25) is 10.0 Å². The molecule has 0 radical (unpaired) electrons. The monoisotopic (exact) mass is 535 g/mol. The molecule has 2 aliphatic rings. The molecule has 1 saturated carbocycles. The summed E-state index contributed by atoms with van der Waals surface area (Å²) in [7, 11) is 0. The molecule has 37 heavy (non-hydrogen) atoms. The number of hydrogen-bond donors (Lipinski definition) is 2. The smallest absolute Gasteiger partial charge is 0.258 e. The third kappa shape index (κ3) is 6.01. The van der Waals surface area contributed by atoms with Crippen LogP contribution in [0.25, 0.3) is 0 Å². The van der Waals surface area contributed by atoms with Crippen LogP contribution in [0.5, 0.6) is 0 Å². The molecule has 0 spiro atoms. The molecule has 192 valence electrons. The van der Waals surface area contributed by atoms with Gasteiger partial charge in [-0.15, -0.1) is 0 Å². The SMILES string of the molecule is Cc1cc(NC(=O)c2ccccc2Cl)ccc1C(=O)N1CCCC(CCNC2CC2)c2cc(Cl)ccc21. The largest absolute Gasteiger partial charge is 0.322 e. The zero-order valence-electron chi connectivity index (χ0n) is 20.9. The first-order valence-electron chi connectivity index (χ1n) is 12.9. The maximum Gasteiger partial charge on any atom is 0.258 e. The fourth-order valence-electron chi connectivity index (χ4n) is 5.10. The Hall–Kier alpha value is -2.86. The van der Waals surface area contributed by atoms with Gasteiger partial charge in [-0.1, -0.05) is 35.3 Å². The molecule has 1 unspecified atom stereocenters. The van der Waals surface area contributed by atoms with Gasteiger partial charge in [0.2, 0.25) is 0 Å². The minimum atomic E-state index is -0.287. The van der Waals surface area contributed by atoms with E-state index >= 15 is 0 Å². The number of nitrogens with one attached hydrogen (secondary N) is 2. The van der Waals surface area contributed by atoms with Crippen LogP contribution in [0.15, 0.2) is 60.7 Å². The van der Waals surface area contributed by atoms with Crippen molar-refractivity contribution in [1.82, 2.24) is 5.32 Å². The number of hydrogen-bond acceptors (Lipinski definition) is 3. The lowest BCUT2D eigenvalue weighted by Gasteiger charge is -2.25. The van der Waals surface area contributed by atoms with E-state index in [1.807, 2.05) is 36.1 Å². The van der Waals surface area contributed by atoms with E-state index in [-0.39, 0.29) is 11.8 Å². The van der Waals surface area contributed by atoms with Crippen molar-refractivity contribution < 1.29 is 9.59 Å². The van der Waals surface area contributed by atoms with Crippen LogP contribution in [0.3, 0.4) is 0 Å². The van der Waals surface area contributed by atoms with Gasteiger partial charge in [0, 0.05) is 34.5 Å². The number of anilines is 2. The summed E-state index contributed by atoms with van der Waals surface area (Å²) < 4.78 is 0. The Morgan fingerprint density at radius 1 is 0.973 bits per heavy atom. The summed E-state index contributed by atoms with van der Waals surface area (Å²) in [6.07, 6.45) is 5.53. The Morgan fingerprint density at radius 3 is 2.54 bits per heavy atom. The molecule has 1 heterocycles. The van der Waals surface area contributed by atoms with E-state index < -0.39 is 0 Å². The van der Waals surface area contributed by atoms with Crippen molar-refractivity contribution in [2.45, 2.75) is 51.0 Å². The average molecular weight is 537 g/mol. The maximum absolute atomic E-state index is 13.8. The topological polar surface area (TPSA) is 61.4 Å². The molecule has 2 N–H and O–H groups in total. The molecular formula is C30H31Cl2N3O2. The standard InChI is InChI=1S/C30H31Cl2N3O2/c1-19-17-23(34-29(36)25-6-2-3-7-27(25)32)11-12-24(19)30(37)35-16-4-5-20(14-15-33-22-9-10-22)26-18-21(31)8-13-28(26)35/h2-3,6-8,11-13,17-18,20,22,33H,4-5,9-10,14-16H2,1H3,(H,34,36). The molecule has 2 amide bonds. The summed E-state index contributed by atoms with van der Waals surface area (Å²) in [5.41, 5.74) is 4.53. The second-order valence-electron chi connectivity index (χ2n) is 9.98. The average Bonchev–Trinajstić information content (AvgIpc) is 3.71. The van der Waals surface area contributed by atoms with Gasteiger partial charge in [-0.25, -0.2) is 0 Å². The van der Waals surface area contributed by atoms with E-state index in [4.69, 9.17) is 23.2 Å². The van der Waals surface area contributed by atoms with Crippen LogP contribution >= 0.6 is 23.2 Å². The molecule has 5 rings (SSSR count). The first-order valence-corrected chi connectivity index (χ1v) is 13.7. The van der Waals surface area contributed by atoms with Crippen molar-refractivity contribution in [3.8, 4) is 0 Å². The number of fused-ring (bicyclic) bond motifs is 1. The summed E-state index contributed by atoms with van der Waals surface area (Å²) in [5.74, 6) is 0.0349. The number of rotatable bonds is 7. The second kappa shape index (κ2) is 11.3. The lowest BCUT2D eigenvalue weighted by atomic mass is 9.91. The predicted molar refractivity (Wildman–Crippen MR) is 151 cm³/mol. The first kappa shape index (κ1) is 25.8. The molecule has 0 saturated heterocycles. The molecule has 3 aromatic carbocycles. The van der Waals surface area contributed by atoms with Gasteiger partial charge in [0.05, 0.1) is 10.6 Å². The van der Waals surface area contributed by atoms with Crippen LogP contribution in [-0.2, 0) is 0 Å². The van der Waals surface area contributed by atoms with Gasteiger partial charge in [-0.3, -0.25) is 9.59 Å². The fraction of sp³-hybridized carbons (Fsp3) is 0.333. The zero-order chi connectivity index (χ0) is 25.9. The number of halogens is 2. The Kier molecular flexibility index (Phi) is 7.84. The van der Waals surface area contributed by atoms with Gasteiger partial charge in [-0.2, -0.15) is 0 Å². The van der Waals surface area contributed by atoms with Gasteiger partial charge >= 0.3 is 0 Å². The summed E-state index contributed by atoms with van der Waals surface area (Å²) in [6.45, 7) is 3.53. The number of aryl methyl sites for hydroxylation is 1. The summed E-state index contributed by atoms with van der Waals surface area (Å²) in [4.78, 5) is 28.4. The fourth-order valence-corrected chi connectivity index (χ4v) is 5.50. The van der Waals surface area contributed by atoms with E-state index in [1.54, 1.807) is 36.4 Å². The zero-order valence-corrected chi connectivity index (χ0v) is 22.4. The molecule has 1 fully saturated rings. The van der Waals surface area contributed by atoms with Crippen molar-refractivity contribution >= 4 is 46.4 Å². The number of nitrogens with zero attached hydrogens (tertiary/aromatic N) is 1. The molecule has 3 aromatic rings. The van der Waals surface area contributed by atoms with E-state index in [2.05, 4.69) is 10.6 Å². The van der Waals surface area contributed by atoms with Crippen molar-refractivity contribution in [3.05, 3.63) is 93.0 Å². The van der Waals surface area contributed by atoms with Gasteiger partial charge in [-0.05, 0) is 111 Å². The molecule has 1 aliphatic heterocycles. The van der Waals surface area contributed by atoms with E-state index in [9.17, 15) is 9.59 Å². The van der Waals surface area contributed by atoms with Crippen LogP contribution in [-0.4, -0.2) is 30.9 Å². The van der Waals surface area contributed by atoms with Gasteiger partial charge in [0.1, 0.15) is 0 Å². The Bertz CT molecular complexity index is 1320. The van der Waals surface area contributed by atoms with E-state index in [0.29, 0.717) is 45.4 Å². The Labute approximate surface area is 228 Å². The molecule has 7 heteroatoms. The van der Waals surface area contributed by atoms with Crippen molar-refractivity contribution in [2.24, 2.45) is 0 Å². The van der Waals surface area contributed by atoms with Gasteiger partial charge in [0.15, 0.2) is 0 Å². The van der Waals surface area contributed by atoms with Crippen molar-refractivity contribution in [3.63, 3.8) is 0 Å². The van der Waals surface area contributed by atoms with Crippen LogP contribution < -0.4 is 15.5 Å². The summed E-state index contributed by atoms with van der Waals surface area (Å²) in [5, 5.41) is 7.60. The highest BCUT2D eigenvalue weighted by Crippen LogP contribution is 2.39. The van der Waals surface area contributed by atoms with E-state index in [1.165, 1.54) is 12.8 Å². The quantitative estimate of drug-likeness (QED) is 0.335. The third-order valence-corrected chi connectivity index (χ3v) is 7.80. The Balaban J connectivity index is 1.35. The van der Waals surface area contributed by atoms with Gasteiger partial charge in [0.25, 0.3) is 11.8 Å². The summed E-state index contributed by atoms with van der Waals surface area (Å²) in [6, 6.07) is 18.9. The minimum Gasteiger partial charge on any atom is -0.322 e. The Morgan fingerprint density at radius 2 is 1.78 bits per heavy atom. The predicted octanol–water partition coefficient (Wildman–Crippen LogP) is 7.22. The number of benzene rings is 3. The molecule has 5 nitrogen and oxygen atoms in total.